The molecule has 2 nitrogen and oxygen atoms in total. The van der Waals surface area contributed by atoms with Crippen LogP contribution in [-0.2, 0) is 26.2 Å². The molecular formula is C31H29Cl2NOSiZr. The Kier molecular flexibility index (Phi) is 16.8. The van der Waals surface area contributed by atoms with Gasteiger partial charge in [-0.1, -0.05) is 94.8 Å². The molecule has 0 atom stereocenters. The predicted molar refractivity (Wildman–Crippen MR) is 147 cm³/mol. The molecule has 37 heavy (non-hydrogen) atoms. The first-order valence-electron chi connectivity index (χ1n) is 11.3. The third-order valence-electron chi connectivity index (χ3n) is 5.29. The molecule has 0 spiro atoms. The van der Waals surface area contributed by atoms with Crippen LogP contribution in [0.3, 0.4) is 0 Å². The number of hydrogen-bond acceptors (Lipinski definition) is 1. The van der Waals surface area contributed by atoms with Gasteiger partial charge in [-0.2, -0.15) is 17.5 Å². The minimum Gasteiger partial charge on any atom is -1.00 e. The fourth-order valence-electron chi connectivity index (χ4n) is 3.82. The van der Waals surface area contributed by atoms with Crippen molar-refractivity contribution in [2.75, 3.05) is 0 Å². The Morgan fingerprint density at radius 1 is 0.703 bits per heavy atom. The van der Waals surface area contributed by atoms with Gasteiger partial charge in [0.1, 0.15) is 9.52 Å². The molecule has 0 aromatic heterocycles. The molecule has 0 saturated heterocycles. The maximum atomic E-state index is 10.9. The summed E-state index contributed by atoms with van der Waals surface area (Å²) < 4.78 is 0. The Hall–Kier alpha value is -2.36. The van der Waals surface area contributed by atoms with E-state index in [-0.39, 0.29) is 51.0 Å². The van der Waals surface area contributed by atoms with Crippen molar-refractivity contribution in [3.8, 4) is 0 Å². The zero-order valence-electron chi connectivity index (χ0n) is 21.1. The number of halogens is 2. The number of rotatable bonds is 3. The molecule has 2 radical (unpaired) electrons. The van der Waals surface area contributed by atoms with E-state index < -0.39 is 5.91 Å². The van der Waals surface area contributed by atoms with Crippen molar-refractivity contribution < 1.29 is 55.8 Å². The predicted octanol–water partition coefficient (Wildman–Crippen LogP) is 0.710. The van der Waals surface area contributed by atoms with Crippen molar-refractivity contribution in [3.63, 3.8) is 0 Å². The van der Waals surface area contributed by atoms with Gasteiger partial charge in [0.15, 0.2) is 0 Å². The van der Waals surface area contributed by atoms with Crippen LogP contribution in [0.5, 0.6) is 0 Å². The van der Waals surface area contributed by atoms with Crippen molar-refractivity contribution in [2.24, 2.45) is 0 Å². The van der Waals surface area contributed by atoms with E-state index in [9.17, 15) is 4.79 Å². The molecule has 1 amide bonds. The van der Waals surface area contributed by atoms with Crippen LogP contribution >= 0.6 is 0 Å². The molecule has 186 valence electrons. The van der Waals surface area contributed by atoms with Crippen LogP contribution in [0.1, 0.15) is 27.0 Å². The Balaban J connectivity index is 0.000000511. The van der Waals surface area contributed by atoms with Crippen molar-refractivity contribution in [3.05, 3.63) is 143 Å². The van der Waals surface area contributed by atoms with E-state index in [2.05, 4.69) is 103 Å². The summed E-state index contributed by atoms with van der Waals surface area (Å²) in [5.74, 6) is -0.593. The standard InChI is InChI=1S/C12H10Si.C10H13NO.C9H7.2ClH.Zr/c1-3-7-11(8-4-1)13-12-9-5-2-6-10-12;1-6-4-7(2)9(10(11)12)8(3)5-6;1-2-5-9-7-3-6-8(9)4-1;;;/h1-10H;4-5H,1-3H3,(H2,11,12);1-7H;2*1H;/q;;-1;;;+4/p-3. The van der Waals surface area contributed by atoms with E-state index in [4.69, 9.17) is 5.73 Å². The molecule has 0 aliphatic heterocycles. The van der Waals surface area contributed by atoms with E-state index in [0.29, 0.717) is 5.56 Å². The summed E-state index contributed by atoms with van der Waals surface area (Å²) in [5.41, 5.74) is 10.5. The monoisotopic (exact) mass is 619 g/mol. The number of amides is 1. The Morgan fingerprint density at radius 3 is 1.62 bits per heavy atom. The minimum atomic E-state index is -0.593. The number of aryl methyl sites for hydroxylation is 3. The summed E-state index contributed by atoms with van der Waals surface area (Å²) in [6.45, 7) is 5.71. The summed E-state index contributed by atoms with van der Waals surface area (Å²) in [6.07, 6.45) is 0. The zero-order chi connectivity index (χ0) is 24.3. The van der Waals surface area contributed by atoms with Gasteiger partial charge in [0, 0.05) is 5.56 Å². The summed E-state index contributed by atoms with van der Waals surface area (Å²) in [6, 6.07) is 39.7. The Labute approximate surface area is 254 Å². The molecule has 6 heteroatoms. The average Bonchev–Trinajstić information content (AvgIpc) is 3.29. The second kappa shape index (κ2) is 18.0. The van der Waals surface area contributed by atoms with Gasteiger partial charge in [0.05, 0.1) is 5.91 Å². The Bertz CT molecular complexity index is 1250. The number of carbonyl (C=O) groups is 1. The van der Waals surface area contributed by atoms with Gasteiger partial charge >= 0.3 is 26.2 Å². The van der Waals surface area contributed by atoms with E-state index in [1.54, 1.807) is 0 Å². The van der Waals surface area contributed by atoms with Crippen LogP contribution in [0.4, 0.5) is 0 Å². The van der Waals surface area contributed by atoms with E-state index in [1.807, 2.05) is 32.9 Å². The normalized spacial score (nSPS) is 9.16. The molecule has 0 aliphatic carbocycles. The summed E-state index contributed by atoms with van der Waals surface area (Å²) in [5, 5.41) is 5.46. The number of fused-ring (bicyclic) bond motifs is 1. The third-order valence-corrected chi connectivity index (χ3v) is 6.53. The molecule has 0 unspecified atom stereocenters. The number of hydrogen-bond donors (Lipinski definition) is 0. The largest absolute Gasteiger partial charge is 4.00 e. The van der Waals surface area contributed by atoms with Crippen LogP contribution in [0.25, 0.3) is 16.5 Å². The first kappa shape index (κ1) is 34.6. The molecule has 1 N–H and O–H groups in total. The van der Waals surface area contributed by atoms with E-state index in [0.717, 1.165) is 26.2 Å². The maximum Gasteiger partial charge on any atom is 4.00 e. The topological polar surface area (TPSA) is 40.9 Å². The second-order valence-electron chi connectivity index (χ2n) is 8.11. The fourth-order valence-corrected chi connectivity index (χ4v) is 4.87. The molecule has 0 aliphatic rings. The molecule has 5 aromatic rings. The number of carbonyl (C=O) groups excluding carboxylic acids is 1. The van der Waals surface area contributed by atoms with E-state index >= 15 is 0 Å². The second-order valence-corrected chi connectivity index (χ2v) is 9.52. The molecule has 0 fully saturated rings. The first-order chi connectivity index (χ1) is 16.4. The quantitative estimate of drug-likeness (QED) is 0.216. The average molecular weight is 622 g/mol. The SMILES string of the molecule is Cc1cc(C)c(C([NH-])=O)c(C)c1.[Cl-].[Cl-].[Zr+4].c1ccc([Si]c2ccccc2)cc1.c1ccc2[cH-]ccc2c1. The minimum absolute atomic E-state index is 0. The van der Waals surface area contributed by atoms with Crippen molar-refractivity contribution in [2.45, 2.75) is 20.8 Å². The summed E-state index contributed by atoms with van der Waals surface area (Å²) in [7, 11) is 0.777. The van der Waals surface area contributed by atoms with Crippen molar-refractivity contribution >= 4 is 36.6 Å². The van der Waals surface area contributed by atoms with E-state index in [1.165, 1.54) is 21.1 Å². The molecule has 0 heterocycles. The van der Waals surface area contributed by atoms with Gasteiger partial charge in [-0.3, -0.25) is 0 Å². The summed E-state index contributed by atoms with van der Waals surface area (Å²) >= 11 is 0. The van der Waals surface area contributed by atoms with Gasteiger partial charge in [-0.15, -0.1) is 29.7 Å². The molecule has 0 bridgehead atoms. The third kappa shape index (κ3) is 11.3. The van der Waals surface area contributed by atoms with Crippen LogP contribution < -0.4 is 35.2 Å². The van der Waals surface area contributed by atoms with Crippen LogP contribution in [0.15, 0.2) is 115 Å². The molecule has 5 aromatic carbocycles. The molecule has 5 rings (SSSR count). The van der Waals surface area contributed by atoms with Gasteiger partial charge in [0.2, 0.25) is 0 Å². The first-order valence-corrected chi connectivity index (χ1v) is 12.3. The van der Waals surface area contributed by atoms with Gasteiger partial charge in [-0.25, -0.2) is 0 Å². The smallest absolute Gasteiger partial charge is 1.00 e. The molecule has 0 saturated carbocycles. The van der Waals surface area contributed by atoms with Crippen molar-refractivity contribution in [1.82, 2.24) is 0 Å². The van der Waals surface area contributed by atoms with Gasteiger partial charge in [-0.05, 0) is 31.9 Å². The fraction of sp³-hybridized carbons (Fsp3) is 0.0968. The van der Waals surface area contributed by atoms with Gasteiger partial charge < -0.3 is 35.3 Å². The van der Waals surface area contributed by atoms with Crippen LogP contribution in [0, 0.1) is 20.8 Å². The van der Waals surface area contributed by atoms with Gasteiger partial charge in [0.25, 0.3) is 0 Å². The number of benzene rings is 4. The van der Waals surface area contributed by atoms with Crippen LogP contribution in [-0.4, -0.2) is 15.4 Å². The number of nitrogens with one attached hydrogen (secondary N) is 1. The summed E-state index contributed by atoms with van der Waals surface area (Å²) in [4.78, 5) is 10.9. The van der Waals surface area contributed by atoms with Crippen molar-refractivity contribution in [1.29, 1.82) is 0 Å². The Morgan fingerprint density at radius 2 is 1.16 bits per heavy atom. The zero-order valence-corrected chi connectivity index (χ0v) is 26.1. The molecular weight excluding hydrogens is 593 g/mol. The van der Waals surface area contributed by atoms with Crippen LogP contribution in [0.2, 0.25) is 0 Å². The maximum absolute atomic E-state index is 10.9.